The van der Waals surface area contributed by atoms with Crippen molar-refractivity contribution in [3.8, 4) is 11.5 Å². The molecule has 1 aromatic heterocycles. The molecule has 0 atom stereocenters. The van der Waals surface area contributed by atoms with Crippen LogP contribution in [0.25, 0.3) is 0 Å². The summed E-state index contributed by atoms with van der Waals surface area (Å²) in [5.41, 5.74) is 0.782. The zero-order chi connectivity index (χ0) is 16.4. The Kier molecular flexibility index (Phi) is 3.92. The van der Waals surface area contributed by atoms with Crippen molar-refractivity contribution in [2.24, 2.45) is 0 Å². The molecule has 0 unspecified atom stereocenters. The fourth-order valence-electron chi connectivity index (χ4n) is 2.38. The zero-order valence-corrected chi connectivity index (χ0v) is 12.4. The van der Waals surface area contributed by atoms with E-state index in [0.717, 1.165) is 5.56 Å². The number of aromatic carboxylic acids is 1. The first-order chi connectivity index (χ1) is 11.1. The quantitative estimate of drug-likeness (QED) is 0.877. The van der Waals surface area contributed by atoms with Gasteiger partial charge < -0.3 is 24.3 Å². The molecule has 7 heteroatoms. The van der Waals surface area contributed by atoms with Gasteiger partial charge in [-0.05, 0) is 6.07 Å². The van der Waals surface area contributed by atoms with Gasteiger partial charge in [-0.1, -0.05) is 19.1 Å². The Bertz CT molecular complexity index is 764. The Morgan fingerprint density at radius 2 is 2.13 bits per heavy atom. The molecule has 1 amide bonds. The molecule has 1 aromatic carbocycles. The van der Waals surface area contributed by atoms with Gasteiger partial charge in [0.2, 0.25) is 6.79 Å². The second-order valence-corrected chi connectivity index (χ2v) is 4.94. The summed E-state index contributed by atoms with van der Waals surface area (Å²) in [6.45, 7) is 2.13. The number of carbonyl (C=O) groups is 2. The van der Waals surface area contributed by atoms with Crippen molar-refractivity contribution < 1.29 is 28.6 Å². The van der Waals surface area contributed by atoms with Gasteiger partial charge in [0.05, 0.1) is 0 Å². The standard InChI is InChI=1S/C16H15NO6/c1-2-11-10(16(19)20)6-13(23-11)15(18)17-7-9-4-3-5-12-14(9)22-8-21-12/h3-6H,2,7-8H2,1H3,(H,17,18)(H,19,20). The lowest BCUT2D eigenvalue weighted by Crippen LogP contribution is -2.22. The highest BCUT2D eigenvalue weighted by atomic mass is 16.7. The molecule has 2 N–H and O–H groups in total. The topological polar surface area (TPSA) is 98.0 Å². The van der Waals surface area contributed by atoms with Crippen molar-refractivity contribution in [2.75, 3.05) is 6.79 Å². The Hall–Kier alpha value is -2.96. The van der Waals surface area contributed by atoms with Crippen LogP contribution in [-0.2, 0) is 13.0 Å². The molecule has 0 saturated heterocycles. The van der Waals surface area contributed by atoms with E-state index in [1.807, 2.05) is 6.07 Å². The first-order valence-electron chi connectivity index (χ1n) is 7.11. The maximum atomic E-state index is 12.2. The van der Waals surface area contributed by atoms with E-state index in [9.17, 15) is 9.59 Å². The zero-order valence-electron chi connectivity index (χ0n) is 12.4. The highest BCUT2D eigenvalue weighted by molar-refractivity contribution is 5.96. The third-order valence-electron chi connectivity index (χ3n) is 3.50. The number of carbonyl (C=O) groups excluding carboxylic acids is 1. The molecule has 0 saturated carbocycles. The van der Waals surface area contributed by atoms with Crippen LogP contribution in [0.15, 0.2) is 28.7 Å². The smallest absolute Gasteiger partial charge is 0.339 e. The molecule has 0 bridgehead atoms. The van der Waals surface area contributed by atoms with Gasteiger partial charge in [-0.15, -0.1) is 0 Å². The molecule has 2 heterocycles. The van der Waals surface area contributed by atoms with Crippen molar-refractivity contribution >= 4 is 11.9 Å². The molecule has 120 valence electrons. The SMILES string of the molecule is CCc1oc(C(=O)NCc2cccc3c2OCO3)cc1C(=O)O. The Morgan fingerprint density at radius 1 is 1.30 bits per heavy atom. The predicted molar refractivity (Wildman–Crippen MR) is 78.8 cm³/mol. The van der Waals surface area contributed by atoms with Gasteiger partial charge in [0.25, 0.3) is 5.91 Å². The van der Waals surface area contributed by atoms with Crippen LogP contribution in [0.3, 0.4) is 0 Å². The van der Waals surface area contributed by atoms with Crippen LogP contribution in [0.2, 0.25) is 0 Å². The van der Waals surface area contributed by atoms with Crippen LogP contribution in [0, 0.1) is 0 Å². The molecule has 0 fully saturated rings. The maximum Gasteiger partial charge on any atom is 0.339 e. The molecule has 0 aliphatic carbocycles. The number of carboxylic acids is 1. The van der Waals surface area contributed by atoms with Crippen molar-refractivity contribution in [3.63, 3.8) is 0 Å². The lowest BCUT2D eigenvalue weighted by molar-refractivity contribution is 0.0694. The lowest BCUT2D eigenvalue weighted by Gasteiger charge is -2.06. The highest BCUT2D eigenvalue weighted by Crippen LogP contribution is 2.35. The van der Waals surface area contributed by atoms with E-state index in [4.69, 9.17) is 19.0 Å². The van der Waals surface area contributed by atoms with E-state index in [1.165, 1.54) is 6.07 Å². The molecule has 7 nitrogen and oxygen atoms in total. The second-order valence-electron chi connectivity index (χ2n) is 4.94. The fraction of sp³-hybridized carbons (Fsp3) is 0.250. The summed E-state index contributed by atoms with van der Waals surface area (Å²) >= 11 is 0. The van der Waals surface area contributed by atoms with Gasteiger partial charge >= 0.3 is 5.97 Å². The number of benzene rings is 1. The van der Waals surface area contributed by atoms with Crippen LogP contribution in [0.1, 0.15) is 39.2 Å². The summed E-state index contributed by atoms with van der Waals surface area (Å²) in [7, 11) is 0. The number of nitrogens with one attached hydrogen (secondary N) is 1. The minimum atomic E-state index is -1.11. The average Bonchev–Trinajstić information content (AvgIpc) is 3.18. The summed E-state index contributed by atoms with van der Waals surface area (Å²) in [5.74, 6) is -0.104. The lowest BCUT2D eigenvalue weighted by atomic mass is 10.2. The highest BCUT2D eigenvalue weighted by Gasteiger charge is 2.21. The monoisotopic (exact) mass is 317 g/mol. The van der Waals surface area contributed by atoms with Gasteiger partial charge in [0, 0.05) is 24.6 Å². The second kappa shape index (κ2) is 6.04. The van der Waals surface area contributed by atoms with Crippen LogP contribution in [0.4, 0.5) is 0 Å². The fourth-order valence-corrected chi connectivity index (χ4v) is 2.38. The van der Waals surface area contributed by atoms with E-state index in [2.05, 4.69) is 5.32 Å². The summed E-state index contributed by atoms with van der Waals surface area (Å²) in [6, 6.07) is 6.65. The number of ether oxygens (including phenoxy) is 2. The number of rotatable bonds is 5. The van der Waals surface area contributed by atoms with E-state index < -0.39 is 11.9 Å². The van der Waals surface area contributed by atoms with Crippen LogP contribution < -0.4 is 14.8 Å². The van der Waals surface area contributed by atoms with Gasteiger partial charge in [0.1, 0.15) is 11.3 Å². The molecule has 0 spiro atoms. The summed E-state index contributed by atoms with van der Waals surface area (Å²) < 4.78 is 16.0. The van der Waals surface area contributed by atoms with Gasteiger partial charge in [-0.25, -0.2) is 4.79 Å². The molecule has 1 aliphatic heterocycles. The number of aryl methyl sites for hydroxylation is 1. The van der Waals surface area contributed by atoms with Gasteiger partial charge in [-0.2, -0.15) is 0 Å². The summed E-state index contributed by atoms with van der Waals surface area (Å²) in [6.07, 6.45) is 0.395. The number of fused-ring (bicyclic) bond motifs is 1. The molecule has 23 heavy (non-hydrogen) atoms. The predicted octanol–water partition coefficient (Wildman–Crippen LogP) is 2.20. The Balaban J connectivity index is 1.73. The minimum Gasteiger partial charge on any atom is -0.478 e. The normalized spacial score (nSPS) is 12.2. The summed E-state index contributed by atoms with van der Waals surface area (Å²) in [4.78, 5) is 23.3. The maximum absolute atomic E-state index is 12.2. The number of hydrogen-bond donors (Lipinski definition) is 2. The number of hydrogen-bond acceptors (Lipinski definition) is 5. The van der Waals surface area contributed by atoms with E-state index >= 15 is 0 Å². The third-order valence-corrected chi connectivity index (χ3v) is 3.50. The first kappa shape index (κ1) is 15.0. The average molecular weight is 317 g/mol. The Morgan fingerprint density at radius 3 is 2.83 bits per heavy atom. The molecular formula is C16H15NO6. The molecule has 1 aliphatic rings. The number of amides is 1. The summed E-state index contributed by atoms with van der Waals surface area (Å²) in [5, 5.41) is 11.8. The van der Waals surface area contributed by atoms with Crippen molar-refractivity contribution in [2.45, 2.75) is 19.9 Å². The number of furan rings is 1. The Labute approximate surface area is 131 Å². The van der Waals surface area contributed by atoms with Crippen LogP contribution >= 0.6 is 0 Å². The van der Waals surface area contributed by atoms with Crippen LogP contribution in [0.5, 0.6) is 11.5 Å². The van der Waals surface area contributed by atoms with Crippen LogP contribution in [-0.4, -0.2) is 23.8 Å². The van der Waals surface area contributed by atoms with Crippen molar-refractivity contribution in [1.29, 1.82) is 0 Å². The molecule has 2 aromatic rings. The van der Waals surface area contributed by atoms with E-state index in [1.54, 1.807) is 19.1 Å². The number of para-hydroxylation sites is 1. The third kappa shape index (κ3) is 2.85. The molecular weight excluding hydrogens is 302 g/mol. The molecule has 0 radical (unpaired) electrons. The number of carboxylic acid groups (broad SMARTS) is 1. The molecule has 3 rings (SSSR count). The van der Waals surface area contributed by atoms with E-state index in [0.29, 0.717) is 17.9 Å². The van der Waals surface area contributed by atoms with E-state index in [-0.39, 0.29) is 30.4 Å². The van der Waals surface area contributed by atoms with Gasteiger partial charge in [0.15, 0.2) is 17.3 Å². The van der Waals surface area contributed by atoms with Crippen molar-refractivity contribution in [3.05, 3.63) is 46.9 Å². The largest absolute Gasteiger partial charge is 0.478 e. The minimum absolute atomic E-state index is 0.00925. The first-order valence-corrected chi connectivity index (χ1v) is 7.11. The van der Waals surface area contributed by atoms with Gasteiger partial charge in [-0.3, -0.25) is 4.79 Å². The van der Waals surface area contributed by atoms with Crippen molar-refractivity contribution in [1.82, 2.24) is 5.32 Å².